The quantitative estimate of drug-likeness (QED) is 0.278. The fraction of sp³-hybridized carbons (Fsp3) is 0.500. The third-order valence-corrected chi connectivity index (χ3v) is 7.35. The number of aliphatic hydroxyl groups is 1. The van der Waals surface area contributed by atoms with E-state index in [1.807, 2.05) is 0 Å². The first-order valence-corrected chi connectivity index (χ1v) is 11.2. The number of phenols is 1. The Hall–Kier alpha value is -3.44. The minimum Gasteiger partial charge on any atom is -0.507 e. The molecule has 1 aromatic rings. The van der Waals surface area contributed by atoms with Crippen molar-refractivity contribution in [1.29, 1.82) is 0 Å². The van der Waals surface area contributed by atoms with Gasteiger partial charge in [-0.15, -0.1) is 0 Å². The van der Waals surface area contributed by atoms with Crippen molar-refractivity contribution >= 4 is 41.1 Å². The Labute approximate surface area is 201 Å². The zero-order valence-electron chi connectivity index (χ0n) is 19.9. The minimum atomic E-state index is -2.73. The number of carbonyl (C=O) groups is 5. The molecular formula is C24H28N4O7. The lowest BCUT2D eigenvalue weighted by Crippen LogP contribution is -2.74. The molecule has 3 unspecified atom stereocenters. The maximum Gasteiger partial charge on any atom is 0.235 e. The molecule has 2 saturated carbocycles. The van der Waals surface area contributed by atoms with Crippen molar-refractivity contribution in [2.75, 3.05) is 28.2 Å². The fourth-order valence-electron chi connectivity index (χ4n) is 5.89. The van der Waals surface area contributed by atoms with Crippen LogP contribution in [0.1, 0.15) is 22.3 Å². The van der Waals surface area contributed by atoms with Crippen molar-refractivity contribution < 1.29 is 34.2 Å². The molecule has 11 nitrogen and oxygen atoms in total. The molecule has 0 radical (unpaired) electrons. The maximum atomic E-state index is 13.7. The van der Waals surface area contributed by atoms with Crippen LogP contribution in [-0.4, -0.2) is 95.2 Å². The minimum absolute atomic E-state index is 0.00359. The Morgan fingerprint density at radius 2 is 1.80 bits per heavy atom. The molecule has 35 heavy (non-hydrogen) atoms. The highest BCUT2D eigenvalue weighted by Gasteiger charge is 2.69. The van der Waals surface area contributed by atoms with Crippen LogP contribution in [0.25, 0.3) is 0 Å². The van der Waals surface area contributed by atoms with E-state index in [0.29, 0.717) is 11.3 Å². The smallest absolute Gasteiger partial charge is 0.235 e. The van der Waals surface area contributed by atoms with Crippen molar-refractivity contribution in [2.45, 2.75) is 24.5 Å². The van der Waals surface area contributed by atoms with Gasteiger partial charge in [0.1, 0.15) is 5.75 Å². The molecule has 4 rings (SSSR count). The maximum absolute atomic E-state index is 13.7. The Morgan fingerprint density at radius 3 is 2.37 bits per heavy atom. The average molecular weight is 485 g/mol. The number of hydrogen-bond donors (Lipinski definition) is 3. The summed E-state index contributed by atoms with van der Waals surface area (Å²) in [7, 11) is 6.63. The van der Waals surface area contributed by atoms with Crippen LogP contribution >= 0.6 is 0 Å². The lowest BCUT2D eigenvalue weighted by Gasteiger charge is -2.52. The zero-order valence-corrected chi connectivity index (χ0v) is 19.9. The number of aliphatic imine (C=N–C) groups is 1. The first-order valence-electron chi connectivity index (χ1n) is 11.2. The van der Waals surface area contributed by atoms with Gasteiger partial charge in [0.2, 0.25) is 5.91 Å². The Morgan fingerprint density at radius 1 is 1.14 bits per heavy atom. The highest BCUT2D eigenvalue weighted by molar-refractivity contribution is 6.32. The van der Waals surface area contributed by atoms with Crippen LogP contribution in [0.4, 0.5) is 5.69 Å². The van der Waals surface area contributed by atoms with Gasteiger partial charge in [-0.25, -0.2) is 4.99 Å². The lowest BCUT2D eigenvalue weighted by atomic mass is 9.52. The second-order valence-corrected chi connectivity index (χ2v) is 9.95. The monoisotopic (exact) mass is 484 g/mol. The van der Waals surface area contributed by atoms with E-state index in [0.717, 1.165) is 0 Å². The first kappa shape index (κ1) is 24.7. The van der Waals surface area contributed by atoms with E-state index < -0.39 is 64.4 Å². The van der Waals surface area contributed by atoms with E-state index in [1.165, 1.54) is 11.0 Å². The molecule has 1 amide bonds. The van der Waals surface area contributed by atoms with Crippen LogP contribution in [0.3, 0.4) is 0 Å². The highest BCUT2D eigenvalue weighted by Crippen LogP contribution is 2.51. The molecule has 0 bridgehead atoms. The average Bonchev–Trinajstić information content (AvgIpc) is 2.75. The Balaban J connectivity index is 1.86. The number of carbonyl (C=O) groups excluding carboxylic acids is 5. The number of ketones is 4. The fourth-order valence-corrected chi connectivity index (χ4v) is 5.89. The van der Waals surface area contributed by atoms with Crippen LogP contribution in [0.2, 0.25) is 0 Å². The van der Waals surface area contributed by atoms with Crippen LogP contribution in [0.5, 0.6) is 5.75 Å². The summed E-state index contributed by atoms with van der Waals surface area (Å²) in [6.45, 7) is 0. The summed E-state index contributed by atoms with van der Waals surface area (Å²) in [4.78, 5) is 73.1. The number of Topliss-reactive ketones (excluding diaryl/α,β-unsaturated/α-hetero) is 4. The highest BCUT2D eigenvalue weighted by atomic mass is 16.3. The van der Waals surface area contributed by atoms with Gasteiger partial charge < -0.3 is 20.8 Å². The molecule has 6 atom stereocenters. The van der Waals surface area contributed by atoms with Crippen molar-refractivity contribution in [3.63, 3.8) is 0 Å². The van der Waals surface area contributed by atoms with Crippen molar-refractivity contribution in [3.05, 3.63) is 23.3 Å². The summed E-state index contributed by atoms with van der Waals surface area (Å²) in [5.41, 5.74) is 3.40. The predicted octanol–water partition coefficient (Wildman–Crippen LogP) is -0.912. The van der Waals surface area contributed by atoms with Crippen molar-refractivity contribution in [2.24, 2.45) is 34.4 Å². The first-order chi connectivity index (χ1) is 16.3. The van der Waals surface area contributed by atoms with Crippen LogP contribution in [0, 0.1) is 23.7 Å². The molecule has 3 aliphatic rings. The summed E-state index contributed by atoms with van der Waals surface area (Å²) in [6.07, 6.45) is 1.70. The standard InChI is InChI=1S/C24H28N4O7/c1-27(2)9-26-13-5-6-14(29)16-11(13)7-10-8-12-18(28(3)4)20(31)17(23(25)34)22(33)24(12,35)21(32)15(10)19(16)30/h5-6,9-10,12,15,17-18,29,35H,7-8H2,1-4H3,(H2,25,34)/t10-,12-,15?,17?,18?,24-/m1/s1. The number of nitrogens with zero attached hydrogens (tertiary/aromatic N) is 3. The van der Waals surface area contributed by atoms with E-state index in [1.54, 1.807) is 45.5 Å². The molecule has 0 aliphatic heterocycles. The molecule has 1 aromatic carbocycles. The molecule has 0 aromatic heterocycles. The number of amides is 1. The van der Waals surface area contributed by atoms with Gasteiger partial charge in [0.25, 0.3) is 0 Å². The Kier molecular flexibility index (Phi) is 5.89. The van der Waals surface area contributed by atoms with Gasteiger partial charge >= 0.3 is 0 Å². The van der Waals surface area contributed by atoms with Crippen LogP contribution in [-0.2, 0) is 25.6 Å². The number of fused-ring (bicyclic) bond motifs is 3. The van der Waals surface area contributed by atoms with E-state index in [-0.39, 0.29) is 24.2 Å². The molecule has 0 spiro atoms. The van der Waals surface area contributed by atoms with Crippen molar-refractivity contribution in [3.8, 4) is 5.75 Å². The number of benzene rings is 1. The predicted molar refractivity (Wildman–Crippen MR) is 123 cm³/mol. The number of primary amides is 1. The van der Waals surface area contributed by atoms with E-state index in [2.05, 4.69) is 4.99 Å². The van der Waals surface area contributed by atoms with Gasteiger partial charge in [-0.05, 0) is 50.6 Å². The zero-order chi connectivity index (χ0) is 26.0. The van der Waals surface area contributed by atoms with Gasteiger partial charge in [-0.2, -0.15) is 0 Å². The summed E-state index contributed by atoms with van der Waals surface area (Å²) in [6, 6.07) is 1.74. The van der Waals surface area contributed by atoms with Gasteiger partial charge in [-0.1, -0.05) is 0 Å². The van der Waals surface area contributed by atoms with Gasteiger partial charge in [-0.3, -0.25) is 28.9 Å². The molecule has 3 aliphatic carbocycles. The van der Waals surface area contributed by atoms with Gasteiger partial charge in [0.15, 0.2) is 34.7 Å². The largest absolute Gasteiger partial charge is 0.507 e. The van der Waals surface area contributed by atoms with E-state index >= 15 is 0 Å². The molecule has 11 heteroatoms. The second kappa shape index (κ2) is 8.35. The number of aromatic hydroxyl groups is 1. The van der Waals surface area contributed by atoms with Gasteiger partial charge in [0.05, 0.1) is 29.5 Å². The molecule has 0 saturated heterocycles. The second-order valence-electron chi connectivity index (χ2n) is 9.95. The molecule has 4 N–H and O–H groups in total. The van der Waals surface area contributed by atoms with E-state index in [4.69, 9.17) is 5.73 Å². The SMILES string of the molecule is CN(C)C=Nc1ccc(O)c2c1C[C@@H]1C[C@@H]3C(N(C)C)C(=O)C(C(N)=O)C(=O)[C@]3(O)C(=O)C1C2=O. The third kappa shape index (κ3) is 3.49. The Bertz CT molecular complexity index is 1190. The number of hydrogen-bond acceptors (Lipinski definition) is 9. The molecule has 186 valence electrons. The molecular weight excluding hydrogens is 456 g/mol. The van der Waals surface area contributed by atoms with Crippen LogP contribution in [0.15, 0.2) is 17.1 Å². The van der Waals surface area contributed by atoms with E-state index in [9.17, 15) is 34.2 Å². The summed E-state index contributed by atoms with van der Waals surface area (Å²) in [5.74, 6) is -10.7. The summed E-state index contributed by atoms with van der Waals surface area (Å²) in [5, 5.41) is 22.0. The van der Waals surface area contributed by atoms with Crippen LogP contribution < -0.4 is 5.73 Å². The number of rotatable bonds is 4. The topological polar surface area (TPSA) is 171 Å². The van der Waals surface area contributed by atoms with Crippen molar-refractivity contribution in [1.82, 2.24) is 9.80 Å². The molecule has 0 heterocycles. The normalized spacial score (nSPS) is 32.5. The number of nitrogens with two attached hydrogens (primary N) is 1. The summed E-state index contributed by atoms with van der Waals surface area (Å²) >= 11 is 0. The number of likely N-dealkylation sites (N-methyl/N-ethyl adjacent to an activating group) is 1. The van der Waals surface area contributed by atoms with Gasteiger partial charge in [0, 0.05) is 20.0 Å². The lowest BCUT2D eigenvalue weighted by molar-refractivity contribution is -0.181. The number of phenolic OH excluding ortho intramolecular Hbond substituents is 1. The third-order valence-electron chi connectivity index (χ3n) is 7.35. The summed E-state index contributed by atoms with van der Waals surface area (Å²) < 4.78 is 0. The molecule has 2 fully saturated rings.